The number of ether oxygens (including phenoxy) is 1. The molecule has 31 heavy (non-hydrogen) atoms. The van der Waals surface area contributed by atoms with E-state index in [0.717, 1.165) is 22.4 Å². The Bertz CT molecular complexity index is 1170. The van der Waals surface area contributed by atoms with Crippen LogP contribution >= 0.6 is 0 Å². The van der Waals surface area contributed by atoms with E-state index >= 15 is 0 Å². The van der Waals surface area contributed by atoms with Crippen molar-refractivity contribution in [3.63, 3.8) is 0 Å². The highest BCUT2D eigenvalue weighted by atomic mass is 16.5. The van der Waals surface area contributed by atoms with Gasteiger partial charge in [0.05, 0.1) is 19.2 Å². The zero-order valence-electron chi connectivity index (χ0n) is 17.7. The number of rotatable bonds is 6. The lowest BCUT2D eigenvalue weighted by Gasteiger charge is -2.16. The van der Waals surface area contributed by atoms with Gasteiger partial charge in [-0.05, 0) is 66.4 Å². The summed E-state index contributed by atoms with van der Waals surface area (Å²) in [5, 5.41) is 3.25. The SMILES string of the molecule is COc1ccc(C2=C(Nc3cc(C)ccc3C)C(=O)N(Cc3ccncc3)C2=O)cc1. The van der Waals surface area contributed by atoms with Crippen molar-refractivity contribution in [2.24, 2.45) is 0 Å². The number of aromatic nitrogens is 1. The van der Waals surface area contributed by atoms with Crippen LogP contribution in [0.2, 0.25) is 0 Å². The molecule has 0 unspecified atom stereocenters. The van der Waals surface area contributed by atoms with E-state index < -0.39 is 0 Å². The molecule has 2 heterocycles. The van der Waals surface area contributed by atoms with E-state index in [4.69, 9.17) is 4.74 Å². The highest BCUT2D eigenvalue weighted by molar-refractivity contribution is 6.36. The number of carbonyl (C=O) groups excluding carboxylic acids is 2. The quantitative estimate of drug-likeness (QED) is 0.616. The summed E-state index contributed by atoms with van der Waals surface area (Å²) >= 11 is 0. The minimum atomic E-state index is -0.353. The zero-order valence-corrected chi connectivity index (χ0v) is 17.7. The van der Waals surface area contributed by atoms with Crippen LogP contribution in [-0.4, -0.2) is 28.8 Å². The van der Waals surface area contributed by atoms with Crippen LogP contribution in [0.1, 0.15) is 22.3 Å². The van der Waals surface area contributed by atoms with Gasteiger partial charge < -0.3 is 10.1 Å². The average Bonchev–Trinajstić information content (AvgIpc) is 3.01. The van der Waals surface area contributed by atoms with Crippen LogP contribution in [0.3, 0.4) is 0 Å². The van der Waals surface area contributed by atoms with E-state index in [1.807, 2.05) is 32.0 Å². The van der Waals surface area contributed by atoms with Gasteiger partial charge in [0.25, 0.3) is 11.8 Å². The second-order valence-corrected chi connectivity index (χ2v) is 7.47. The Labute approximate surface area is 181 Å². The molecule has 0 saturated carbocycles. The van der Waals surface area contributed by atoms with Crippen molar-refractivity contribution in [2.75, 3.05) is 12.4 Å². The predicted molar refractivity (Wildman–Crippen MR) is 119 cm³/mol. The summed E-state index contributed by atoms with van der Waals surface area (Å²) in [5.74, 6) is -0.00729. The van der Waals surface area contributed by atoms with Gasteiger partial charge in [0, 0.05) is 18.1 Å². The number of pyridine rings is 1. The molecule has 2 aromatic carbocycles. The van der Waals surface area contributed by atoms with Gasteiger partial charge >= 0.3 is 0 Å². The molecule has 0 atom stereocenters. The Kier molecular flexibility index (Phi) is 5.54. The minimum absolute atomic E-state index is 0.178. The van der Waals surface area contributed by atoms with Crippen molar-refractivity contribution in [1.82, 2.24) is 9.88 Å². The first kappa shape index (κ1) is 20.3. The van der Waals surface area contributed by atoms with Crippen LogP contribution in [0.4, 0.5) is 5.69 Å². The van der Waals surface area contributed by atoms with E-state index in [0.29, 0.717) is 16.9 Å². The van der Waals surface area contributed by atoms with Gasteiger partial charge in [0.1, 0.15) is 11.4 Å². The molecular formula is C25H23N3O3. The Balaban J connectivity index is 1.77. The molecule has 1 aromatic heterocycles. The first-order valence-corrected chi connectivity index (χ1v) is 9.96. The molecule has 1 aliphatic heterocycles. The Morgan fingerprint density at radius 2 is 1.65 bits per heavy atom. The van der Waals surface area contributed by atoms with Crippen LogP contribution in [0.5, 0.6) is 5.75 Å². The van der Waals surface area contributed by atoms with Crippen molar-refractivity contribution in [3.05, 3.63) is 94.9 Å². The lowest BCUT2D eigenvalue weighted by molar-refractivity contribution is -0.137. The number of imide groups is 1. The van der Waals surface area contributed by atoms with E-state index in [1.54, 1.807) is 55.9 Å². The molecule has 0 spiro atoms. The maximum atomic E-state index is 13.4. The fourth-order valence-corrected chi connectivity index (χ4v) is 3.54. The molecule has 0 saturated heterocycles. The van der Waals surface area contributed by atoms with E-state index in [1.165, 1.54) is 4.90 Å². The highest BCUT2D eigenvalue weighted by Gasteiger charge is 2.39. The summed E-state index contributed by atoms with van der Waals surface area (Å²) in [6.07, 6.45) is 3.29. The smallest absolute Gasteiger partial charge is 0.278 e. The molecule has 0 aliphatic carbocycles. The highest BCUT2D eigenvalue weighted by Crippen LogP contribution is 2.33. The molecule has 0 bridgehead atoms. The molecule has 2 amide bonds. The number of nitrogens with zero attached hydrogens (tertiary/aromatic N) is 2. The first-order valence-electron chi connectivity index (χ1n) is 9.96. The van der Waals surface area contributed by atoms with Gasteiger partial charge in [0.2, 0.25) is 0 Å². The van der Waals surface area contributed by atoms with Crippen molar-refractivity contribution >= 4 is 23.1 Å². The lowest BCUT2D eigenvalue weighted by atomic mass is 10.0. The summed E-state index contributed by atoms with van der Waals surface area (Å²) in [4.78, 5) is 32.0. The van der Waals surface area contributed by atoms with Gasteiger partial charge in [-0.3, -0.25) is 19.5 Å². The molecule has 1 N–H and O–H groups in total. The van der Waals surface area contributed by atoms with Crippen LogP contribution in [0.15, 0.2) is 72.7 Å². The van der Waals surface area contributed by atoms with Gasteiger partial charge in [-0.25, -0.2) is 0 Å². The molecule has 0 radical (unpaired) electrons. The first-order chi connectivity index (χ1) is 15.0. The minimum Gasteiger partial charge on any atom is -0.497 e. The van der Waals surface area contributed by atoms with Gasteiger partial charge in [-0.2, -0.15) is 0 Å². The van der Waals surface area contributed by atoms with E-state index in [-0.39, 0.29) is 24.1 Å². The Hall–Kier alpha value is -3.93. The summed E-state index contributed by atoms with van der Waals surface area (Å²) in [6, 6.07) is 16.7. The molecule has 1 aliphatic rings. The van der Waals surface area contributed by atoms with E-state index in [2.05, 4.69) is 10.3 Å². The van der Waals surface area contributed by atoms with Crippen LogP contribution < -0.4 is 10.1 Å². The van der Waals surface area contributed by atoms with Crippen LogP contribution in [-0.2, 0) is 16.1 Å². The van der Waals surface area contributed by atoms with Crippen molar-refractivity contribution in [1.29, 1.82) is 0 Å². The van der Waals surface area contributed by atoms with Gasteiger partial charge in [0.15, 0.2) is 0 Å². The summed E-state index contributed by atoms with van der Waals surface area (Å²) in [6.45, 7) is 4.13. The number of carbonyl (C=O) groups is 2. The third-order valence-electron chi connectivity index (χ3n) is 5.29. The molecule has 156 valence electrons. The molecule has 0 fully saturated rings. The predicted octanol–water partition coefficient (Wildman–Crippen LogP) is 4.10. The average molecular weight is 413 g/mol. The maximum absolute atomic E-state index is 13.4. The standard InChI is InChI=1S/C25H23N3O3/c1-16-4-5-17(2)21(14-16)27-23-22(19-6-8-20(31-3)9-7-19)24(29)28(25(23)30)15-18-10-12-26-13-11-18/h4-14,27H,15H2,1-3H3. The molecule has 6 nitrogen and oxygen atoms in total. The van der Waals surface area contributed by atoms with Crippen LogP contribution in [0, 0.1) is 13.8 Å². The third kappa shape index (κ3) is 4.05. The zero-order chi connectivity index (χ0) is 22.0. The number of hydrogen-bond acceptors (Lipinski definition) is 5. The third-order valence-corrected chi connectivity index (χ3v) is 5.29. The lowest BCUT2D eigenvalue weighted by Crippen LogP contribution is -2.32. The molecule has 3 aromatic rings. The fourth-order valence-electron chi connectivity index (χ4n) is 3.54. The maximum Gasteiger partial charge on any atom is 0.278 e. The number of anilines is 1. The van der Waals surface area contributed by atoms with Gasteiger partial charge in [-0.1, -0.05) is 24.3 Å². The number of amides is 2. The Morgan fingerprint density at radius 3 is 2.32 bits per heavy atom. The number of benzene rings is 2. The number of aryl methyl sites for hydroxylation is 2. The monoisotopic (exact) mass is 413 g/mol. The molecule has 6 heteroatoms. The van der Waals surface area contributed by atoms with Crippen molar-refractivity contribution in [2.45, 2.75) is 20.4 Å². The second kappa shape index (κ2) is 8.44. The summed E-state index contributed by atoms with van der Waals surface area (Å²) in [7, 11) is 1.59. The second-order valence-electron chi connectivity index (χ2n) is 7.47. The largest absolute Gasteiger partial charge is 0.497 e. The van der Waals surface area contributed by atoms with Gasteiger partial charge in [-0.15, -0.1) is 0 Å². The Morgan fingerprint density at radius 1 is 0.935 bits per heavy atom. The fraction of sp³-hybridized carbons (Fsp3) is 0.160. The summed E-state index contributed by atoms with van der Waals surface area (Å²) in [5.41, 5.74) is 4.96. The molecular weight excluding hydrogens is 390 g/mol. The molecule has 4 rings (SSSR count). The topological polar surface area (TPSA) is 71.5 Å². The number of methoxy groups -OCH3 is 1. The van der Waals surface area contributed by atoms with E-state index in [9.17, 15) is 9.59 Å². The number of nitrogens with one attached hydrogen (secondary N) is 1. The normalized spacial score (nSPS) is 13.7. The summed E-state index contributed by atoms with van der Waals surface area (Å²) < 4.78 is 5.23. The van der Waals surface area contributed by atoms with Crippen molar-refractivity contribution < 1.29 is 14.3 Å². The van der Waals surface area contributed by atoms with Crippen molar-refractivity contribution in [3.8, 4) is 5.75 Å². The number of hydrogen-bond donors (Lipinski definition) is 1. The van der Waals surface area contributed by atoms with Crippen LogP contribution in [0.25, 0.3) is 5.57 Å².